The van der Waals surface area contributed by atoms with E-state index in [-0.39, 0.29) is 112 Å². The summed E-state index contributed by atoms with van der Waals surface area (Å²) in [7, 11) is 0. The van der Waals surface area contributed by atoms with Gasteiger partial charge in [-0.2, -0.15) is 27.8 Å². The second-order valence-electron chi connectivity index (χ2n) is 32.3. The van der Waals surface area contributed by atoms with Gasteiger partial charge in [0, 0.05) is 19.0 Å². The van der Waals surface area contributed by atoms with Crippen LogP contribution in [0, 0.1) is 34.9 Å². The van der Waals surface area contributed by atoms with Crippen molar-refractivity contribution in [3.8, 4) is 0 Å². The first-order valence-corrected chi connectivity index (χ1v) is 46.2. The lowest BCUT2D eigenvalue weighted by atomic mass is 9.54. The van der Waals surface area contributed by atoms with Crippen molar-refractivity contribution >= 4 is 191 Å². The highest BCUT2D eigenvalue weighted by molar-refractivity contribution is 7.29. The molecule has 650 valence electrons. The molecule has 15 aromatic rings. The molecule has 131 heavy (non-hydrogen) atoms. The smallest absolute Gasteiger partial charge is 0.404 e. The molecule has 3 aliphatic carbocycles. The van der Waals surface area contributed by atoms with E-state index in [4.69, 9.17) is 42.3 Å². The maximum atomic E-state index is 13.2. The molecule has 30 heteroatoms. The number of allylic oxidation sites excluding steroid dienone is 12. The third-order valence-corrected chi connectivity index (χ3v) is 27.9. The lowest BCUT2D eigenvalue weighted by Crippen LogP contribution is -2.43. The monoisotopic (exact) mass is 1820 g/mol. The molecular formula is C101H87B8F6N3O9S4. The van der Waals surface area contributed by atoms with Gasteiger partial charge in [-0.1, -0.05) is 202 Å². The molecule has 0 radical (unpaired) electrons. The summed E-state index contributed by atoms with van der Waals surface area (Å²) in [4.78, 5) is 4.03. The van der Waals surface area contributed by atoms with Crippen molar-refractivity contribution in [3.63, 3.8) is 0 Å². The first-order chi connectivity index (χ1) is 63.3. The van der Waals surface area contributed by atoms with Crippen LogP contribution in [0.5, 0.6) is 0 Å². The van der Waals surface area contributed by atoms with E-state index in [1.165, 1.54) is 133 Å². The number of aromatic nitrogens is 3. The van der Waals surface area contributed by atoms with Crippen LogP contribution in [0.15, 0.2) is 323 Å². The number of aliphatic hydroxyl groups is 1. The topological polar surface area (TPSA) is 136 Å². The highest BCUT2D eigenvalue weighted by Crippen LogP contribution is 2.30. The Bertz CT molecular complexity index is 6670. The number of hydrogen-bond donors (Lipinski definition) is 2. The highest BCUT2D eigenvalue weighted by atomic mass is 32.1. The summed E-state index contributed by atoms with van der Waals surface area (Å²) in [6, 6.07) is 68.8. The third kappa shape index (κ3) is 20.6. The van der Waals surface area contributed by atoms with Gasteiger partial charge in [0.2, 0.25) is 0 Å². The summed E-state index contributed by atoms with van der Waals surface area (Å²) >= 11 is 6.91. The molecule has 0 atom stereocenters. The van der Waals surface area contributed by atoms with Gasteiger partial charge in [-0.15, -0.1) is 22.7 Å². The Kier molecular flexibility index (Phi) is 29.5. The van der Waals surface area contributed by atoms with Gasteiger partial charge >= 0.3 is 55.3 Å². The van der Waals surface area contributed by atoms with Crippen LogP contribution in [-0.2, 0) is 96.7 Å². The number of rotatable bonds is 9. The van der Waals surface area contributed by atoms with E-state index in [9.17, 15) is 26.3 Å². The lowest BCUT2D eigenvalue weighted by molar-refractivity contribution is 0.281. The predicted octanol–water partition coefficient (Wildman–Crippen LogP) is 14.8. The highest BCUT2D eigenvalue weighted by Gasteiger charge is 2.39. The Labute approximate surface area is 777 Å². The van der Waals surface area contributed by atoms with Gasteiger partial charge in [0.25, 0.3) is 0 Å². The van der Waals surface area contributed by atoms with E-state index in [1.807, 2.05) is 72.8 Å². The van der Waals surface area contributed by atoms with Gasteiger partial charge in [0.15, 0.2) is 0 Å². The van der Waals surface area contributed by atoms with E-state index < -0.39 is 0 Å². The van der Waals surface area contributed by atoms with Crippen LogP contribution in [0.3, 0.4) is 0 Å². The number of nitrogens with zero attached hydrogens (tertiary/aromatic N) is 2. The quantitative estimate of drug-likeness (QED) is 0.106. The van der Waals surface area contributed by atoms with Crippen LogP contribution in [0.1, 0.15) is 91.1 Å². The molecule has 0 amide bonds. The molecule has 13 heterocycles. The van der Waals surface area contributed by atoms with Gasteiger partial charge in [-0.3, -0.25) is 5.10 Å². The minimum absolute atomic E-state index is 0. The van der Waals surface area contributed by atoms with Crippen LogP contribution >= 0.6 is 45.3 Å². The Balaban J connectivity index is 0.000000105. The third-order valence-electron chi connectivity index (χ3n) is 24.1. The molecule has 0 bridgehead atoms. The van der Waals surface area contributed by atoms with Crippen molar-refractivity contribution in [1.82, 2.24) is 15.2 Å². The largest absolute Gasteiger partial charge is 0.423 e. The van der Waals surface area contributed by atoms with Gasteiger partial charge in [0.1, 0.15) is 47.0 Å². The van der Waals surface area contributed by atoms with Crippen LogP contribution in [0.2, 0.25) is 0 Å². The summed E-state index contributed by atoms with van der Waals surface area (Å²) in [6.45, 7) is 6.46. The molecule has 0 unspecified atom stereocenters. The maximum absolute atomic E-state index is 13.2. The molecule has 0 fully saturated rings. The van der Waals surface area contributed by atoms with E-state index >= 15 is 0 Å². The Morgan fingerprint density at radius 3 is 1.34 bits per heavy atom. The summed E-state index contributed by atoms with van der Waals surface area (Å²) in [6.07, 6.45) is 21.5. The number of thiophene rings is 4. The van der Waals surface area contributed by atoms with E-state index in [1.54, 1.807) is 81.7 Å². The van der Waals surface area contributed by atoms with Gasteiger partial charge in [-0.25, -0.2) is 31.3 Å². The second-order valence-corrected chi connectivity index (χ2v) is 36.0. The van der Waals surface area contributed by atoms with Gasteiger partial charge in [0.05, 0.1) is 59.5 Å². The van der Waals surface area contributed by atoms with Crippen molar-refractivity contribution in [3.05, 3.63) is 408 Å². The average Bonchev–Trinajstić information content (AvgIpc) is 1.62. The van der Waals surface area contributed by atoms with Crippen molar-refractivity contribution in [2.75, 3.05) is 0 Å². The number of aliphatic hydroxyl groups excluding tert-OH is 1. The number of H-pyrrole nitrogens is 1. The SMILES string of the molecule is C.C.CC1=CCC=C1B1OCc2cc(F)ccc21.Fc1ccc2c(c1)COB2C1=CCC=C1.Fc1ccc2c(c1)COB2C1=CCC=C1.Fc1ccc2c(c1)COB2c1cc2ccccc2s1.Fc1ccc2c(c1)COB2c1csc2ccccc12.Fc1ccc2c(c1)COB2c1ncn[nH]1.OCc1ccc2c(c1)COB2c1cccs1.c1ccc2c(c1)COB2c1ccsc1. The molecule has 2 N–H and O–H groups in total. The zero-order valence-electron chi connectivity index (χ0n) is 70.0. The zero-order chi connectivity index (χ0) is 87.9. The molecule has 10 aromatic carbocycles. The number of hydrogen-bond acceptors (Lipinski definition) is 15. The molecule has 0 spiro atoms. The van der Waals surface area contributed by atoms with Crippen molar-refractivity contribution in [2.24, 2.45) is 0 Å². The fourth-order valence-electron chi connectivity index (χ4n) is 17.8. The van der Waals surface area contributed by atoms with Gasteiger partial charge < -0.3 is 42.3 Å². The molecule has 12 nitrogen and oxygen atoms in total. The number of halogens is 6. The zero-order valence-corrected chi connectivity index (χ0v) is 73.2. The first-order valence-electron chi connectivity index (χ1n) is 42.6. The second kappa shape index (κ2) is 42.2. The fourth-order valence-corrected chi connectivity index (χ4v) is 21.3. The molecule has 0 saturated heterocycles. The number of fused-ring (bicyclic) bond motifs is 10. The van der Waals surface area contributed by atoms with Crippen LogP contribution in [0.25, 0.3) is 20.2 Å². The fraction of sp³-hybridized carbons (Fsp3) is 0.149. The number of aromatic amines is 1. The van der Waals surface area contributed by atoms with Crippen LogP contribution in [0.4, 0.5) is 26.3 Å². The van der Waals surface area contributed by atoms with Gasteiger partial charge in [-0.05, 0) is 271 Å². The predicted molar refractivity (Wildman–Crippen MR) is 529 cm³/mol. The molecule has 11 aliphatic rings. The first kappa shape index (κ1) is 91.7. The average molecular weight is 1820 g/mol. The Hall–Kier alpha value is -11.2. The summed E-state index contributed by atoms with van der Waals surface area (Å²) < 4.78 is 129. The summed E-state index contributed by atoms with van der Waals surface area (Å²) in [5.41, 5.74) is 26.2. The Morgan fingerprint density at radius 1 is 0.374 bits per heavy atom. The standard InChI is InChI=1S/2C15H10BFOS.C13H12BFO.2C12H10BFO.C12H11BO2S.C11H9BOS.C9H7BFN3O.2CH4/c17-11-5-6-13-10(7-11)8-18-16(13)14-9-19-15-4-2-1-3-12(14)15;17-12-5-6-13-11(7-12)9-18-16(13)15-8-10-3-1-2-4-14(10)19-15;1-9-3-2-4-12(9)14-13-6-5-11(15)7-10(13)8-16-14;2*14-11-5-6-12-9(7-11)8-15-13(12)10-3-1-2-4-10;14-7-9-3-4-11-10(6-9)8-15-13(11)12-2-1-5-16-12;1-2-4-11-9(3-1)7-13-12(11)10-5-6-14-8-10;11-7-1-2-8-6(3-7)4-15-10(8)9-12-5-13-14-9;;/h1-7,9H,8H2;1-8H,9H2;3-7H,2,8H2,1H3;2*1,3-7H,2,8H2;1-6,14H,7-8H2;1-6,8H,7H2;1-3,5H,4H2,(H,12,13,14);2*1H4. The number of nitrogens with one attached hydrogen (secondary N) is 1. The normalized spacial score (nSPS) is 15.4. The van der Waals surface area contributed by atoms with E-state index in [0.717, 1.165) is 97.6 Å². The lowest BCUT2D eigenvalue weighted by Gasteiger charge is -2.09. The molecule has 0 saturated carbocycles. The minimum atomic E-state index is -0.247. The summed E-state index contributed by atoms with van der Waals surface area (Å²) in [5, 5.41) is 26.5. The van der Waals surface area contributed by atoms with Crippen molar-refractivity contribution < 1.29 is 68.7 Å². The van der Waals surface area contributed by atoms with Crippen LogP contribution < -0.4 is 69.9 Å². The van der Waals surface area contributed by atoms with E-state index in [2.05, 4.69) is 165 Å². The van der Waals surface area contributed by atoms with Crippen molar-refractivity contribution in [2.45, 2.75) is 101 Å². The minimum Gasteiger partial charge on any atom is -0.423 e. The van der Waals surface area contributed by atoms with E-state index in [0.29, 0.717) is 52.0 Å². The molecule has 26 rings (SSSR count). The number of benzene rings is 10. The van der Waals surface area contributed by atoms with Crippen LogP contribution in [-0.4, -0.2) is 75.6 Å². The molecule has 8 aliphatic heterocycles. The Morgan fingerprint density at radius 2 is 0.832 bits per heavy atom. The van der Waals surface area contributed by atoms with Crippen molar-refractivity contribution in [1.29, 1.82) is 0 Å². The summed E-state index contributed by atoms with van der Waals surface area (Å²) in [5.74, 6) is -1.19. The molecular weight excluding hydrogens is 1730 g/mol. The maximum Gasteiger partial charge on any atom is 0.404 e. The molecule has 5 aromatic heterocycles.